The van der Waals surface area contributed by atoms with Crippen molar-refractivity contribution in [2.24, 2.45) is 5.92 Å². The van der Waals surface area contributed by atoms with E-state index in [1.165, 1.54) is 18.4 Å². The minimum absolute atomic E-state index is 0.384. The molecule has 0 heteroatoms. The highest BCUT2D eigenvalue weighted by Gasteiger charge is 2.54. The Balaban J connectivity index is 0.000000308. The maximum Gasteiger partial charge on any atom is 0.0180 e. The van der Waals surface area contributed by atoms with Gasteiger partial charge in [-0.15, -0.1) is 13.2 Å². The molecule has 0 bridgehead atoms. The molecule has 0 aliphatic heterocycles. The average molecular weight is 252 g/mol. The van der Waals surface area contributed by atoms with Gasteiger partial charge >= 0.3 is 0 Å². The van der Waals surface area contributed by atoms with Gasteiger partial charge in [0.25, 0.3) is 0 Å². The third-order valence-electron chi connectivity index (χ3n) is 4.69. The van der Waals surface area contributed by atoms with E-state index < -0.39 is 0 Å². The predicted molar refractivity (Wildman–Crippen MR) is 85.3 cm³/mol. The van der Waals surface area contributed by atoms with Crippen LogP contribution in [0.3, 0.4) is 0 Å². The first kappa shape index (κ1) is 13.9. The number of benzene rings is 1. The van der Waals surface area contributed by atoms with Crippen LogP contribution < -0.4 is 0 Å². The predicted octanol–water partition coefficient (Wildman–Crippen LogP) is 5.30. The average Bonchev–Trinajstić information content (AvgIpc) is 2.63. The minimum atomic E-state index is 0.384. The Labute approximate surface area is 117 Å². The van der Waals surface area contributed by atoms with Crippen LogP contribution in [-0.4, -0.2) is 0 Å². The summed E-state index contributed by atoms with van der Waals surface area (Å²) in [4.78, 5) is 0. The second-order valence-electron chi connectivity index (χ2n) is 5.24. The summed E-state index contributed by atoms with van der Waals surface area (Å²) in [6.45, 7) is 12.4. The van der Waals surface area contributed by atoms with Gasteiger partial charge in [0, 0.05) is 5.41 Å². The van der Waals surface area contributed by atoms with Gasteiger partial charge in [-0.25, -0.2) is 0 Å². The molecule has 1 saturated carbocycles. The van der Waals surface area contributed by atoms with Gasteiger partial charge in [-0.1, -0.05) is 62.8 Å². The Hall–Kier alpha value is -1.56. The third kappa shape index (κ3) is 1.74. The van der Waals surface area contributed by atoms with E-state index in [0.717, 1.165) is 5.92 Å². The second-order valence-corrected chi connectivity index (χ2v) is 5.24. The van der Waals surface area contributed by atoms with E-state index in [2.05, 4.69) is 56.5 Å². The van der Waals surface area contributed by atoms with Gasteiger partial charge in [0.1, 0.15) is 0 Å². The molecular weight excluding hydrogens is 228 g/mol. The summed E-state index contributed by atoms with van der Waals surface area (Å²) in [5.41, 5.74) is 6.70. The molecule has 100 valence electrons. The van der Waals surface area contributed by atoms with E-state index >= 15 is 0 Å². The van der Waals surface area contributed by atoms with Crippen molar-refractivity contribution in [3.8, 4) is 0 Å². The molecule has 0 radical (unpaired) electrons. The number of rotatable bonds is 0. The largest absolute Gasteiger partial charge is 0.106 e. The van der Waals surface area contributed by atoms with E-state index in [4.69, 9.17) is 0 Å². The summed E-state index contributed by atoms with van der Waals surface area (Å²) in [7, 11) is 0. The van der Waals surface area contributed by atoms with Gasteiger partial charge in [0.2, 0.25) is 0 Å². The Morgan fingerprint density at radius 3 is 2.63 bits per heavy atom. The van der Waals surface area contributed by atoms with Crippen molar-refractivity contribution >= 4 is 6.08 Å². The van der Waals surface area contributed by atoms with E-state index in [1.807, 2.05) is 13.8 Å². The van der Waals surface area contributed by atoms with Crippen LogP contribution in [-0.2, 0) is 11.8 Å². The lowest BCUT2D eigenvalue weighted by Gasteiger charge is -2.46. The fourth-order valence-electron chi connectivity index (χ4n) is 3.79. The van der Waals surface area contributed by atoms with Crippen LogP contribution in [0.4, 0.5) is 0 Å². The molecule has 4 rings (SSSR count). The molecule has 2 atom stereocenters. The lowest BCUT2D eigenvalue weighted by Crippen LogP contribution is -2.41. The molecule has 0 amide bonds. The van der Waals surface area contributed by atoms with Crippen LogP contribution in [0, 0.1) is 5.92 Å². The molecule has 1 aromatic carbocycles. The maximum atomic E-state index is 3.00. The quantitative estimate of drug-likeness (QED) is 0.549. The maximum absolute atomic E-state index is 3.00. The zero-order valence-corrected chi connectivity index (χ0v) is 12.4. The van der Waals surface area contributed by atoms with E-state index in [0.29, 0.717) is 5.41 Å². The van der Waals surface area contributed by atoms with Crippen LogP contribution in [0.15, 0.2) is 49.1 Å². The third-order valence-corrected chi connectivity index (χ3v) is 4.69. The second kappa shape index (κ2) is 5.21. The summed E-state index contributed by atoms with van der Waals surface area (Å²) in [5, 5.41) is 0. The lowest BCUT2D eigenvalue weighted by molar-refractivity contribution is 0.265. The van der Waals surface area contributed by atoms with Crippen molar-refractivity contribution in [2.75, 3.05) is 0 Å². The fourth-order valence-corrected chi connectivity index (χ4v) is 3.79. The van der Waals surface area contributed by atoms with Crippen molar-refractivity contribution in [3.05, 3.63) is 65.8 Å². The van der Waals surface area contributed by atoms with Gasteiger partial charge in [0.05, 0.1) is 0 Å². The molecule has 0 saturated heterocycles. The Morgan fingerprint density at radius 2 is 1.89 bits per heavy atom. The van der Waals surface area contributed by atoms with Crippen molar-refractivity contribution < 1.29 is 0 Å². The SMILES string of the molecule is C=C.CC.CC12C3=CC=Cc4cccc(c41)CC2C3. The first-order chi connectivity index (χ1) is 9.30. The van der Waals surface area contributed by atoms with Gasteiger partial charge in [-0.3, -0.25) is 0 Å². The highest BCUT2D eigenvalue weighted by Crippen LogP contribution is 2.61. The molecule has 0 aromatic heterocycles. The van der Waals surface area contributed by atoms with Crippen LogP contribution in [0.1, 0.15) is 43.9 Å². The highest BCUT2D eigenvalue weighted by atomic mass is 14.6. The van der Waals surface area contributed by atoms with Crippen LogP contribution in [0.5, 0.6) is 0 Å². The standard InChI is InChI=1S/C15H14.C2H6.C2H4/c1-15-12-7-3-5-10-4-2-6-11(14(10)15)8-13(15)9-12;2*1-2/h2-7,13H,8-9H2,1H3;1-2H3;1-2H2. The molecule has 0 heterocycles. The normalized spacial score (nSPS) is 27.5. The molecule has 1 fully saturated rings. The van der Waals surface area contributed by atoms with Crippen LogP contribution >= 0.6 is 0 Å². The number of hydrogen-bond acceptors (Lipinski definition) is 0. The number of hydrogen-bond donors (Lipinski definition) is 0. The molecule has 0 spiro atoms. The zero-order chi connectivity index (χ0) is 14.0. The van der Waals surface area contributed by atoms with Gasteiger partial charge in [-0.2, -0.15) is 0 Å². The Bertz CT molecular complexity index is 533. The summed E-state index contributed by atoms with van der Waals surface area (Å²) in [6.07, 6.45) is 9.45. The summed E-state index contributed by atoms with van der Waals surface area (Å²) in [5.74, 6) is 0.875. The lowest BCUT2D eigenvalue weighted by atomic mass is 9.57. The van der Waals surface area contributed by atoms with Crippen molar-refractivity contribution in [2.45, 2.75) is 39.0 Å². The van der Waals surface area contributed by atoms with Gasteiger partial charge in [0.15, 0.2) is 0 Å². The first-order valence-electron chi connectivity index (χ1n) is 7.30. The minimum Gasteiger partial charge on any atom is -0.106 e. The van der Waals surface area contributed by atoms with E-state index in [9.17, 15) is 0 Å². The zero-order valence-electron chi connectivity index (χ0n) is 12.4. The van der Waals surface area contributed by atoms with Gasteiger partial charge < -0.3 is 0 Å². The summed E-state index contributed by atoms with van der Waals surface area (Å²) in [6, 6.07) is 6.79. The molecule has 3 aliphatic rings. The molecule has 19 heavy (non-hydrogen) atoms. The monoisotopic (exact) mass is 252 g/mol. The molecule has 3 aliphatic carbocycles. The molecule has 1 aromatic rings. The topological polar surface area (TPSA) is 0 Å². The molecule has 2 unspecified atom stereocenters. The fraction of sp³-hybridized carbons (Fsp3) is 0.368. The molecule has 0 N–H and O–H groups in total. The van der Waals surface area contributed by atoms with Crippen LogP contribution in [0.25, 0.3) is 6.08 Å². The first-order valence-corrected chi connectivity index (χ1v) is 7.30. The Kier molecular flexibility index (Phi) is 3.80. The van der Waals surface area contributed by atoms with Crippen molar-refractivity contribution in [1.29, 1.82) is 0 Å². The molecular formula is C19H24. The van der Waals surface area contributed by atoms with Gasteiger partial charge in [-0.05, 0) is 35.4 Å². The van der Waals surface area contributed by atoms with Crippen LogP contribution in [0.2, 0.25) is 0 Å². The van der Waals surface area contributed by atoms with E-state index in [-0.39, 0.29) is 0 Å². The van der Waals surface area contributed by atoms with E-state index in [1.54, 1.807) is 16.7 Å². The van der Waals surface area contributed by atoms with Crippen molar-refractivity contribution in [3.63, 3.8) is 0 Å². The summed E-state index contributed by atoms with van der Waals surface area (Å²) < 4.78 is 0. The Morgan fingerprint density at radius 1 is 1.16 bits per heavy atom. The smallest absolute Gasteiger partial charge is 0.0180 e. The number of allylic oxidation sites excluding steroid dienone is 3. The summed E-state index contributed by atoms with van der Waals surface area (Å²) >= 11 is 0. The molecule has 0 nitrogen and oxygen atoms in total. The van der Waals surface area contributed by atoms with Crippen molar-refractivity contribution in [1.82, 2.24) is 0 Å². The highest BCUT2D eigenvalue weighted by molar-refractivity contribution is 5.68.